The second kappa shape index (κ2) is 4.02. The van der Waals surface area contributed by atoms with E-state index in [1.807, 2.05) is 24.3 Å². The fourth-order valence-corrected chi connectivity index (χ4v) is 1.38. The average Bonchev–Trinajstić information content (AvgIpc) is 2.67. The third kappa shape index (κ3) is 1.65. The molecule has 0 radical (unpaired) electrons. The Morgan fingerprint density at radius 2 is 2.43 bits per heavy atom. The summed E-state index contributed by atoms with van der Waals surface area (Å²) in [6, 6.07) is 6.00. The lowest BCUT2D eigenvalue weighted by molar-refractivity contribution is 0.763. The molecule has 0 spiro atoms. The number of hydrogen-bond acceptors (Lipinski definition) is 3. The summed E-state index contributed by atoms with van der Waals surface area (Å²) in [5.74, 6) is 0. The van der Waals surface area contributed by atoms with Crippen LogP contribution in [0.15, 0.2) is 30.9 Å². The molecule has 0 unspecified atom stereocenters. The topological polar surface area (TPSA) is 53.6 Å². The maximum absolute atomic E-state index is 4.03. The first-order valence-corrected chi connectivity index (χ1v) is 4.52. The quantitative estimate of drug-likeness (QED) is 0.560. The van der Waals surface area contributed by atoms with Gasteiger partial charge in [-0.15, -0.1) is 11.7 Å². The number of rotatable bonds is 4. The maximum Gasteiger partial charge on any atom is 0.117 e. The van der Waals surface area contributed by atoms with Gasteiger partial charge >= 0.3 is 0 Å². The van der Waals surface area contributed by atoms with Crippen molar-refractivity contribution in [2.24, 2.45) is 0 Å². The molecular weight excluding hydrogens is 176 g/mol. The summed E-state index contributed by atoms with van der Waals surface area (Å²) in [7, 11) is 0. The Hall–Kier alpha value is -1.68. The summed E-state index contributed by atoms with van der Waals surface area (Å²) in [6.07, 6.45) is 1.84. The van der Waals surface area contributed by atoms with Crippen LogP contribution < -0.4 is 5.32 Å². The number of fused-ring (bicyclic) bond motifs is 1. The summed E-state index contributed by atoms with van der Waals surface area (Å²) < 4.78 is 0. The van der Waals surface area contributed by atoms with Crippen molar-refractivity contribution in [3.8, 4) is 0 Å². The molecule has 1 aromatic carbocycles. The SMILES string of the molecule is C=CCNCc1cccc2[nH]nnc12. The summed E-state index contributed by atoms with van der Waals surface area (Å²) in [4.78, 5) is 0. The molecule has 2 rings (SSSR count). The van der Waals surface area contributed by atoms with Gasteiger partial charge in [0.2, 0.25) is 0 Å². The third-order valence-corrected chi connectivity index (χ3v) is 2.04. The lowest BCUT2D eigenvalue weighted by Crippen LogP contribution is -2.12. The first kappa shape index (κ1) is 8.90. The molecule has 4 nitrogen and oxygen atoms in total. The van der Waals surface area contributed by atoms with E-state index in [2.05, 4.69) is 27.3 Å². The Bertz CT molecular complexity index is 432. The number of aromatic nitrogens is 3. The van der Waals surface area contributed by atoms with Crippen LogP contribution in [0.2, 0.25) is 0 Å². The predicted molar refractivity (Wildman–Crippen MR) is 55.8 cm³/mol. The molecule has 0 bridgehead atoms. The number of aromatic amines is 1. The Labute approximate surface area is 82.0 Å². The standard InChI is InChI=1S/C10H12N4/c1-2-6-11-7-8-4-3-5-9-10(8)13-14-12-9/h2-5,11H,1,6-7H2,(H,12,13,14). The summed E-state index contributed by atoms with van der Waals surface area (Å²) in [5.41, 5.74) is 3.06. The summed E-state index contributed by atoms with van der Waals surface area (Å²) in [6.45, 7) is 5.23. The van der Waals surface area contributed by atoms with E-state index >= 15 is 0 Å². The molecule has 2 aromatic rings. The van der Waals surface area contributed by atoms with Gasteiger partial charge in [0, 0.05) is 13.1 Å². The van der Waals surface area contributed by atoms with Gasteiger partial charge in [0.05, 0.1) is 5.52 Å². The Balaban J connectivity index is 2.23. The highest BCUT2D eigenvalue weighted by atomic mass is 15.3. The normalized spacial score (nSPS) is 10.6. The first-order chi connectivity index (χ1) is 6.92. The molecule has 1 heterocycles. The first-order valence-electron chi connectivity index (χ1n) is 4.52. The smallest absolute Gasteiger partial charge is 0.117 e. The monoisotopic (exact) mass is 188 g/mol. The van der Waals surface area contributed by atoms with E-state index < -0.39 is 0 Å². The third-order valence-electron chi connectivity index (χ3n) is 2.04. The van der Waals surface area contributed by atoms with E-state index in [9.17, 15) is 0 Å². The Kier molecular flexibility index (Phi) is 2.55. The number of hydrogen-bond donors (Lipinski definition) is 2. The average molecular weight is 188 g/mol. The number of nitrogens with zero attached hydrogens (tertiary/aromatic N) is 2. The lowest BCUT2D eigenvalue weighted by Gasteiger charge is -2.01. The van der Waals surface area contributed by atoms with Gasteiger partial charge in [0.25, 0.3) is 0 Å². The van der Waals surface area contributed by atoms with Gasteiger partial charge in [-0.2, -0.15) is 0 Å². The zero-order chi connectivity index (χ0) is 9.80. The fourth-order valence-electron chi connectivity index (χ4n) is 1.38. The van der Waals surface area contributed by atoms with E-state index in [-0.39, 0.29) is 0 Å². The van der Waals surface area contributed by atoms with Gasteiger partial charge < -0.3 is 5.32 Å². The van der Waals surface area contributed by atoms with Crippen molar-refractivity contribution in [2.75, 3.05) is 6.54 Å². The lowest BCUT2D eigenvalue weighted by atomic mass is 10.2. The van der Waals surface area contributed by atoms with Crippen molar-refractivity contribution < 1.29 is 0 Å². The minimum Gasteiger partial charge on any atom is -0.309 e. The van der Waals surface area contributed by atoms with E-state index in [4.69, 9.17) is 0 Å². The van der Waals surface area contributed by atoms with Crippen LogP contribution >= 0.6 is 0 Å². The zero-order valence-electron chi connectivity index (χ0n) is 7.83. The summed E-state index contributed by atoms with van der Waals surface area (Å²) >= 11 is 0. The van der Waals surface area contributed by atoms with Crippen molar-refractivity contribution in [3.63, 3.8) is 0 Å². The Morgan fingerprint density at radius 1 is 1.50 bits per heavy atom. The second-order valence-electron chi connectivity index (χ2n) is 3.04. The van der Waals surface area contributed by atoms with Crippen LogP contribution in [0.25, 0.3) is 11.0 Å². The van der Waals surface area contributed by atoms with Gasteiger partial charge in [0.1, 0.15) is 5.52 Å². The molecule has 14 heavy (non-hydrogen) atoms. The molecule has 0 fully saturated rings. The van der Waals surface area contributed by atoms with Crippen molar-refractivity contribution in [3.05, 3.63) is 36.4 Å². The fraction of sp³-hybridized carbons (Fsp3) is 0.200. The molecule has 0 saturated carbocycles. The van der Waals surface area contributed by atoms with E-state index in [1.54, 1.807) is 0 Å². The largest absolute Gasteiger partial charge is 0.309 e. The number of nitrogens with one attached hydrogen (secondary N) is 2. The molecule has 0 saturated heterocycles. The minimum atomic E-state index is 0.788. The van der Waals surface area contributed by atoms with Crippen LogP contribution in [0.3, 0.4) is 0 Å². The van der Waals surface area contributed by atoms with Gasteiger partial charge in [-0.05, 0) is 11.6 Å². The van der Waals surface area contributed by atoms with Crippen LogP contribution in [0, 0.1) is 0 Å². The van der Waals surface area contributed by atoms with Crippen LogP contribution in [0.4, 0.5) is 0 Å². The highest BCUT2D eigenvalue weighted by Crippen LogP contribution is 2.12. The highest BCUT2D eigenvalue weighted by Gasteiger charge is 2.02. The molecule has 0 amide bonds. The predicted octanol–water partition coefficient (Wildman–Crippen LogP) is 1.23. The van der Waals surface area contributed by atoms with Gasteiger partial charge in [-0.1, -0.05) is 23.4 Å². The zero-order valence-corrected chi connectivity index (χ0v) is 7.83. The van der Waals surface area contributed by atoms with Crippen LogP contribution in [0.1, 0.15) is 5.56 Å². The second-order valence-corrected chi connectivity index (χ2v) is 3.04. The molecule has 0 atom stereocenters. The number of H-pyrrole nitrogens is 1. The van der Waals surface area contributed by atoms with Crippen LogP contribution in [0.5, 0.6) is 0 Å². The molecule has 2 N–H and O–H groups in total. The van der Waals surface area contributed by atoms with E-state index in [0.29, 0.717) is 0 Å². The molecule has 0 aliphatic rings. The van der Waals surface area contributed by atoms with Gasteiger partial charge in [-0.25, -0.2) is 0 Å². The van der Waals surface area contributed by atoms with Crippen molar-refractivity contribution >= 4 is 11.0 Å². The molecule has 72 valence electrons. The highest BCUT2D eigenvalue weighted by molar-refractivity contribution is 5.77. The summed E-state index contributed by atoms with van der Waals surface area (Å²) in [5, 5.41) is 13.9. The molecular formula is C10H12N4. The molecule has 4 heteroatoms. The minimum absolute atomic E-state index is 0.788. The van der Waals surface area contributed by atoms with Crippen molar-refractivity contribution in [1.82, 2.24) is 20.7 Å². The number of benzene rings is 1. The Morgan fingerprint density at radius 3 is 3.29 bits per heavy atom. The van der Waals surface area contributed by atoms with Crippen LogP contribution in [-0.2, 0) is 6.54 Å². The van der Waals surface area contributed by atoms with E-state index in [0.717, 1.165) is 29.7 Å². The van der Waals surface area contributed by atoms with Gasteiger partial charge in [0.15, 0.2) is 0 Å². The van der Waals surface area contributed by atoms with Crippen molar-refractivity contribution in [1.29, 1.82) is 0 Å². The van der Waals surface area contributed by atoms with Crippen LogP contribution in [-0.4, -0.2) is 22.0 Å². The van der Waals surface area contributed by atoms with E-state index in [1.165, 1.54) is 0 Å². The van der Waals surface area contributed by atoms with Crippen molar-refractivity contribution in [2.45, 2.75) is 6.54 Å². The van der Waals surface area contributed by atoms with Gasteiger partial charge in [-0.3, -0.25) is 5.10 Å². The molecule has 0 aliphatic carbocycles. The molecule has 0 aliphatic heterocycles. The maximum atomic E-state index is 4.03. The molecule has 1 aromatic heterocycles.